The lowest BCUT2D eigenvalue weighted by Gasteiger charge is -2.26. The molecule has 1 rings (SSSR count). The molecule has 16 heavy (non-hydrogen) atoms. The van der Waals surface area contributed by atoms with E-state index in [0.29, 0.717) is 18.4 Å². The molecule has 1 unspecified atom stereocenters. The highest BCUT2D eigenvalue weighted by atomic mass is 19.2. The topological polar surface area (TPSA) is 20.2 Å². The van der Waals surface area contributed by atoms with E-state index in [0.717, 1.165) is 6.07 Å². The fourth-order valence-corrected chi connectivity index (χ4v) is 2.07. The molecule has 0 amide bonds. The second kappa shape index (κ2) is 4.91. The van der Waals surface area contributed by atoms with E-state index in [9.17, 15) is 13.9 Å². The van der Waals surface area contributed by atoms with Crippen molar-refractivity contribution >= 4 is 0 Å². The maximum atomic E-state index is 13.4. The third kappa shape index (κ3) is 3.56. The summed E-state index contributed by atoms with van der Waals surface area (Å²) in [7, 11) is 0. The number of hydrogen-bond donors (Lipinski definition) is 1. The number of rotatable bonds is 4. The van der Waals surface area contributed by atoms with Crippen LogP contribution in [-0.2, 0) is 6.42 Å². The van der Waals surface area contributed by atoms with E-state index in [2.05, 4.69) is 0 Å². The molecule has 0 radical (unpaired) electrons. The molecule has 0 fully saturated rings. The van der Waals surface area contributed by atoms with Crippen LogP contribution >= 0.6 is 0 Å². The number of halogens is 2. The Balaban J connectivity index is 2.83. The van der Waals surface area contributed by atoms with Gasteiger partial charge in [-0.2, -0.15) is 0 Å². The average molecular weight is 228 g/mol. The van der Waals surface area contributed by atoms with Crippen LogP contribution in [0.25, 0.3) is 0 Å². The molecule has 0 aromatic heterocycles. The van der Waals surface area contributed by atoms with Gasteiger partial charge in [-0.15, -0.1) is 0 Å². The molecule has 0 aliphatic rings. The first-order valence-corrected chi connectivity index (χ1v) is 5.43. The van der Waals surface area contributed by atoms with Crippen LogP contribution in [0.5, 0.6) is 0 Å². The Bertz CT molecular complexity index is 359. The Morgan fingerprint density at radius 2 is 1.94 bits per heavy atom. The second-order valence-electron chi connectivity index (χ2n) is 5.11. The van der Waals surface area contributed by atoms with Crippen LogP contribution in [0.1, 0.15) is 32.8 Å². The van der Waals surface area contributed by atoms with E-state index >= 15 is 0 Å². The van der Waals surface area contributed by atoms with Gasteiger partial charge >= 0.3 is 0 Å². The lowest BCUT2D eigenvalue weighted by atomic mass is 9.81. The molecule has 1 nitrogen and oxygen atoms in total. The molecule has 0 aliphatic heterocycles. The zero-order valence-corrected chi connectivity index (χ0v) is 9.93. The minimum Gasteiger partial charge on any atom is -0.393 e. The molecule has 0 aliphatic carbocycles. The summed E-state index contributed by atoms with van der Waals surface area (Å²) in [5.41, 5.74) is 0.119. The molecular weight excluding hydrogens is 210 g/mol. The highest BCUT2D eigenvalue weighted by Crippen LogP contribution is 2.29. The average Bonchev–Trinajstić information content (AvgIpc) is 2.10. The normalized spacial score (nSPS) is 13.9. The third-order valence-electron chi connectivity index (χ3n) is 2.55. The fourth-order valence-electron chi connectivity index (χ4n) is 2.07. The molecule has 0 saturated heterocycles. The first-order chi connectivity index (χ1) is 7.32. The minimum absolute atomic E-state index is 0.247. The number of aliphatic hydroxyl groups excluding tert-OH is 1. The summed E-state index contributed by atoms with van der Waals surface area (Å²) in [6, 6.07) is 4.20. The highest BCUT2D eigenvalue weighted by Gasteiger charge is 2.23. The zero-order valence-electron chi connectivity index (χ0n) is 9.93. The number of benzene rings is 1. The van der Waals surface area contributed by atoms with Crippen LogP contribution in [0.2, 0.25) is 0 Å². The van der Waals surface area contributed by atoms with Gasteiger partial charge in [-0.1, -0.05) is 26.0 Å². The Morgan fingerprint density at radius 3 is 2.50 bits per heavy atom. The van der Waals surface area contributed by atoms with Crippen LogP contribution in [0, 0.1) is 17.0 Å². The van der Waals surface area contributed by atoms with Crippen molar-refractivity contribution in [1.29, 1.82) is 0 Å². The number of hydrogen-bond acceptors (Lipinski definition) is 1. The molecule has 1 aromatic rings. The van der Waals surface area contributed by atoms with Crippen LogP contribution in [-0.4, -0.2) is 11.2 Å². The first kappa shape index (κ1) is 13.1. The Hall–Kier alpha value is -0.960. The molecule has 0 spiro atoms. The van der Waals surface area contributed by atoms with E-state index in [1.165, 1.54) is 6.07 Å². The summed E-state index contributed by atoms with van der Waals surface area (Å²) in [5.74, 6) is -1.59. The molecule has 0 saturated carbocycles. The first-order valence-electron chi connectivity index (χ1n) is 5.43. The molecule has 1 aromatic carbocycles. The molecule has 0 heterocycles. The predicted octanol–water partition coefficient (Wildman–Crippen LogP) is 3.30. The maximum absolute atomic E-state index is 13.4. The predicted molar refractivity (Wildman–Crippen MR) is 60.1 cm³/mol. The van der Waals surface area contributed by atoms with Gasteiger partial charge in [0.2, 0.25) is 0 Å². The van der Waals surface area contributed by atoms with E-state index < -0.39 is 17.7 Å². The van der Waals surface area contributed by atoms with Crippen LogP contribution < -0.4 is 0 Å². The molecule has 0 bridgehead atoms. The summed E-state index contributed by atoms with van der Waals surface area (Å²) >= 11 is 0. The summed E-state index contributed by atoms with van der Waals surface area (Å²) in [5, 5.41) is 9.32. The SMILES string of the molecule is CC(O)CC(C)(C)Cc1cccc(F)c1F. The zero-order chi connectivity index (χ0) is 12.3. The van der Waals surface area contributed by atoms with Gasteiger partial charge in [0.05, 0.1) is 6.10 Å². The largest absolute Gasteiger partial charge is 0.393 e. The Labute approximate surface area is 95.1 Å². The van der Waals surface area contributed by atoms with Crippen molar-refractivity contribution < 1.29 is 13.9 Å². The molecule has 1 N–H and O–H groups in total. The van der Waals surface area contributed by atoms with Gasteiger partial charge in [0.1, 0.15) is 0 Å². The summed E-state index contributed by atoms with van der Waals surface area (Å²) in [6.45, 7) is 5.57. The summed E-state index contributed by atoms with van der Waals surface area (Å²) in [4.78, 5) is 0. The van der Waals surface area contributed by atoms with Crippen molar-refractivity contribution in [3.8, 4) is 0 Å². The van der Waals surface area contributed by atoms with Crippen molar-refractivity contribution in [2.24, 2.45) is 5.41 Å². The lowest BCUT2D eigenvalue weighted by molar-refractivity contribution is 0.129. The van der Waals surface area contributed by atoms with Crippen molar-refractivity contribution in [2.75, 3.05) is 0 Å². The van der Waals surface area contributed by atoms with Gasteiger partial charge < -0.3 is 5.11 Å². The van der Waals surface area contributed by atoms with E-state index in [4.69, 9.17) is 0 Å². The quantitative estimate of drug-likeness (QED) is 0.838. The minimum atomic E-state index is -0.814. The molecular formula is C13H18F2O. The van der Waals surface area contributed by atoms with Crippen molar-refractivity contribution in [1.82, 2.24) is 0 Å². The van der Waals surface area contributed by atoms with Gasteiger partial charge in [0.25, 0.3) is 0 Å². The van der Waals surface area contributed by atoms with E-state index in [-0.39, 0.29) is 5.41 Å². The van der Waals surface area contributed by atoms with Crippen LogP contribution in [0.4, 0.5) is 8.78 Å². The van der Waals surface area contributed by atoms with Crippen molar-refractivity contribution in [3.05, 3.63) is 35.4 Å². The van der Waals surface area contributed by atoms with E-state index in [1.54, 1.807) is 13.0 Å². The summed E-state index contributed by atoms with van der Waals surface area (Å²) < 4.78 is 26.4. The van der Waals surface area contributed by atoms with Crippen LogP contribution in [0.3, 0.4) is 0 Å². The van der Waals surface area contributed by atoms with Gasteiger partial charge in [0, 0.05) is 0 Å². The second-order valence-corrected chi connectivity index (χ2v) is 5.11. The van der Waals surface area contributed by atoms with Gasteiger partial charge in [0.15, 0.2) is 11.6 Å². The third-order valence-corrected chi connectivity index (χ3v) is 2.55. The number of aliphatic hydroxyl groups is 1. The van der Waals surface area contributed by atoms with Gasteiger partial charge in [-0.25, -0.2) is 8.78 Å². The van der Waals surface area contributed by atoms with Crippen LogP contribution in [0.15, 0.2) is 18.2 Å². The monoisotopic (exact) mass is 228 g/mol. The molecule has 1 atom stereocenters. The van der Waals surface area contributed by atoms with Crippen molar-refractivity contribution in [3.63, 3.8) is 0 Å². The lowest BCUT2D eigenvalue weighted by Crippen LogP contribution is -2.21. The van der Waals surface area contributed by atoms with Gasteiger partial charge in [-0.3, -0.25) is 0 Å². The maximum Gasteiger partial charge on any atom is 0.162 e. The highest BCUT2D eigenvalue weighted by molar-refractivity contribution is 5.20. The smallest absolute Gasteiger partial charge is 0.162 e. The van der Waals surface area contributed by atoms with E-state index in [1.807, 2.05) is 13.8 Å². The van der Waals surface area contributed by atoms with Crippen molar-refractivity contribution in [2.45, 2.75) is 39.7 Å². The molecule has 90 valence electrons. The fraction of sp³-hybridized carbons (Fsp3) is 0.538. The molecule has 3 heteroatoms. The Morgan fingerprint density at radius 1 is 1.31 bits per heavy atom. The standard InChI is InChI=1S/C13H18F2O/c1-9(16)7-13(2,3)8-10-5-4-6-11(14)12(10)15/h4-6,9,16H,7-8H2,1-3H3. The summed E-state index contributed by atoms with van der Waals surface area (Å²) in [6.07, 6.45) is 0.538. The van der Waals surface area contributed by atoms with Gasteiger partial charge in [-0.05, 0) is 36.8 Å². The Kier molecular flexibility index (Phi) is 4.03.